The first-order valence-electron chi connectivity index (χ1n) is 6.08. The maximum atomic E-state index is 10.9. The summed E-state index contributed by atoms with van der Waals surface area (Å²) in [6.45, 7) is 0. The van der Waals surface area contributed by atoms with E-state index in [9.17, 15) is 4.79 Å². The number of carbonyl (C=O) groups is 1. The summed E-state index contributed by atoms with van der Waals surface area (Å²) in [4.78, 5) is 10.9. The highest BCUT2D eigenvalue weighted by Crippen LogP contribution is 2.33. The Hall–Kier alpha value is -1.62. The van der Waals surface area contributed by atoms with Crippen LogP contribution in [0.1, 0.15) is 19.3 Å². The summed E-state index contributed by atoms with van der Waals surface area (Å²) in [7, 11) is 0. The van der Waals surface area contributed by atoms with Crippen molar-refractivity contribution in [2.45, 2.75) is 25.3 Å². The molecule has 1 aliphatic rings. The largest absolute Gasteiger partial charge is 0.481 e. The van der Waals surface area contributed by atoms with Gasteiger partial charge in [-0.15, -0.1) is 0 Å². The van der Waals surface area contributed by atoms with Gasteiger partial charge in [0.25, 0.3) is 0 Å². The van der Waals surface area contributed by atoms with E-state index in [-0.39, 0.29) is 12.0 Å². The molecule has 2 aromatic rings. The fourth-order valence-electron chi connectivity index (χ4n) is 2.52. The number of carboxylic acid groups (broad SMARTS) is 1. The summed E-state index contributed by atoms with van der Waals surface area (Å²) in [5.74, 6) is -0.866. The minimum atomic E-state index is -0.673. The number of fused-ring (bicyclic) bond motifs is 1. The van der Waals surface area contributed by atoms with E-state index in [2.05, 4.69) is 9.69 Å². The van der Waals surface area contributed by atoms with Gasteiger partial charge >= 0.3 is 5.97 Å². The fraction of sp³-hybridized carbons (Fsp3) is 0.385. The molecular weight excluding hydrogens is 248 g/mol. The van der Waals surface area contributed by atoms with Gasteiger partial charge in [0.2, 0.25) is 0 Å². The molecule has 3 rings (SSSR count). The van der Waals surface area contributed by atoms with Gasteiger partial charge in [-0.05, 0) is 42.9 Å². The Morgan fingerprint density at radius 1 is 1.39 bits per heavy atom. The predicted molar refractivity (Wildman–Crippen MR) is 72.0 cm³/mol. The Morgan fingerprint density at radius 2 is 2.22 bits per heavy atom. The van der Waals surface area contributed by atoms with Crippen LogP contribution in [0, 0.1) is 5.92 Å². The maximum absolute atomic E-state index is 10.9. The number of aliphatic carboxylic acids is 1. The normalized spacial score (nSPS) is 23.3. The lowest BCUT2D eigenvalue weighted by Crippen LogP contribution is -2.17. The van der Waals surface area contributed by atoms with Crippen molar-refractivity contribution in [2.24, 2.45) is 5.92 Å². The van der Waals surface area contributed by atoms with E-state index in [1.54, 1.807) is 0 Å². The topological polar surface area (TPSA) is 62.2 Å². The molecule has 1 saturated carbocycles. The SMILES string of the molecule is O=C(O)[C@@H]1CC[C@H](Nc2snc3ccccc23)C1. The molecule has 1 heterocycles. The molecule has 4 nitrogen and oxygen atoms in total. The molecule has 0 radical (unpaired) electrons. The molecule has 0 saturated heterocycles. The van der Waals surface area contributed by atoms with Crippen LogP contribution in [0.4, 0.5) is 5.00 Å². The second-order valence-electron chi connectivity index (χ2n) is 4.72. The molecule has 0 bridgehead atoms. The third-order valence-corrected chi connectivity index (χ3v) is 4.31. The number of nitrogens with one attached hydrogen (secondary N) is 1. The Balaban J connectivity index is 1.76. The van der Waals surface area contributed by atoms with Gasteiger partial charge in [0.1, 0.15) is 5.00 Å². The van der Waals surface area contributed by atoms with Crippen LogP contribution in [0.5, 0.6) is 0 Å². The lowest BCUT2D eigenvalue weighted by molar-refractivity contribution is -0.141. The van der Waals surface area contributed by atoms with Crippen molar-refractivity contribution in [3.8, 4) is 0 Å². The third kappa shape index (κ3) is 2.06. The molecule has 1 fully saturated rings. The van der Waals surface area contributed by atoms with Gasteiger partial charge in [0.15, 0.2) is 0 Å². The zero-order chi connectivity index (χ0) is 12.5. The van der Waals surface area contributed by atoms with Gasteiger partial charge < -0.3 is 10.4 Å². The van der Waals surface area contributed by atoms with E-state index < -0.39 is 5.97 Å². The highest BCUT2D eigenvalue weighted by molar-refractivity contribution is 7.11. The van der Waals surface area contributed by atoms with E-state index in [0.717, 1.165) is 28.7 Å². The molecule has 1 aliphatic carbocycles. The number of rotatable bonds is 3. The van der Waals surface area contributed by atoms with Crippen molar-refractivity contribution >= 4 is 33.4 Å². The van der Waals surface area contributed by atoms with Crippen LogP contribution >= 0.6 is 11.5 Å². The molecule has 0 aliphatic heterocycles. The van der Waals surface area contributed by atoms with Gasteiger partial charge in [0.05, 0.1) is 11.4 Å². The molecule has 2 atom stereocenters. The summed E-state index contributed by atoms with van der Waals surface area (Å²) in [5, 5.41) is 14.6. The Morgan fingerprint density at radius 3 is 3.00 bits per heavy atom. The van der Waals surface area contributed by atoms with Crippen LogP contribution in [0.25, 0.3) is 10.9 Å². The number of benzene rings is 1. The van der Waals surface area contributed by atoms with Gasteiger partial charge in [-0.3, -0.25) is 4.79 Å². The lowest BCUT2D eigenvalue weighted by Gasteiger charge is -2.11. The van der Waals surface area contributed by atoms with Crippen LogP contribution in [0.2, 0.25) is 0 Å². The zero-order valence-electron chi connectivity index (χ0n) is 9.80. The van der Waals surface area contributed by atoms with Crippen molar-refractivity contribution < 1.29 is 9.90 Å². The van der Waals surface area contributed by atoms with Crippen LogP contribution in [0.15, 0.2) is 24.3 Å². The second-order valence-corrected chi connectivity index (χ2v) is 5.49. The van der Waals surface area contributed by atoms with Crippen molar-refractivity contribution in [3.63, 3.8) is 0 Å². The number of nitrogens with zero attached hydrogens (tertiary/aromatic N) is 1. The zero-order valence-corrected chi connectivity index (χ0v) is 10.6. The van der Waals surface area contributed by atoms with Crippen LogP contribution < -0.4 is 5.32 Å². The first kappa shape index (κ1) is 11.5. The van der Waals surface area contributed by atoms with Crippen LogP contribution in [-0.4, -0.2) is 21.5 Å². The van der Waals surface area contributed by atoms with Crippen molar-refractivity contribution in [1.82, 2.24) is 4.37 Å². The fourth-order valence-corrected chi connectivity index (χ4v) is 3.35. The summed E-state index contributed by atoms with van der Waals surface area (Å²) in [5.41, 5.74) is 0.998. The second kappa shape index (κ2) is 4.57. The molecule has 94 valence electrons. The Bertz CT molecular complexity index is 581. The smallest absolute Gasteiger partial charge is 0.306 e. The Labute approximate surface area is 109 Å². The van der Waals surface area contributed by atoms with Gasteiger partial charge in [-0.25, -0.2) is 0 Å². The molecule has 1 aromatic heterocycles. The first-order chi connectivity index (χ1) is 8.74. The molecule has 1 aromatic carbocycles. The number of aromatic nitrogens is 1. The van der Waals surface area contributed by atoms with Gasteiger partial charge in [-0.2, -0.15) is 4.37 Å². The molecule has 18 heavy (non-hydrogen) atoms. The van der Waals surface area contributed by atoms with Crippen LogP contribution in [0.3, 0.4) is 0 Å². The average molecular weight is 262 g/mol. The Kier molecular flexibility index (Phi) is 2.91. The minimum absolute atomic E-state index is 0.193. The van der Waals surface area contributed by atoms with Gasteiger partial charge in [0, 0.05) is 11.4 Å². The number of carboxylic acids is 1. The molecular formula is C13H14N2O2S. The first-order valence-corrected chi connectivity index (χ1v) is 6.85. The predicted octanol–water partition coefficient (Wildman–Crippen LogP) is 2.96. The standard InChI is InChI=1S/C13H14N2O2S/c16-13(17)8-5-6-9(7-8)14-12-10-3-1-2-4-11(10)15-18-12/h1-4,8-9,14H,5-7H2,(H,16,17)/t8-,9+/m1/s1. The molecule has 0 unspecified atom stereocenters. The molecule has 0 spiro atoms. The third-order valence-electron chi connectivity index (χ3n) is 3.50. The number of hydrogen-bond acceptors (Lipinski definition) is 4. The van der Waals surface area contributed by atoms with E-state index in [1.165, 1.54) is 11.5 Å². The number of hydrogen-bond donors (Lipinski definition) is 2. The lowest BCUT2D eigenvalue weighted by atomic mass is 10.1. The molecule has 0 amide bonds. The van der Waals surface area contributed by atoms with Crippen LogP contribution in [-0.2, 0) is 4.79 Å². The van der Waals surface area contributed by atoms with Gasteiger partial charge in [-0.1, -0.05) is 12.1 Å². The monoisotopic (exact) mass is 262 g/mol. The van der Waals surface area contributed by atoms with Crippen molar-refractivity contribution in [2.75, 3.05) is 5.32 Å². The summed E-state index contributed by atoms with van der Waals surface area (Å²) in [6.07, 6.45) is 2.40. The summed E-state index contributed by atoms with van der Waals surface area (Å²) < 4.78 is 4.38. The quantitative estimate of drug-likeness (QED) is 0.892. The van der Waals surface area contributed by atoms with Crippen molar-refractivity contribution in [1.29, 1.82) is 0 Å². The average Bonchev–Trinajstić information content (AvgIpc) is 2.98. The number of anilines is 1. The van der Waals surface area contributed by atoms with E-state index in [4.69, 9.17) is 5.11 Å². The highest BCUT2D eigenvalue weighted by atomic mass is 32.1. The van der Waals surface area contributed by atoms with E-state index in [1.807, 2.05) is 24.3 Å². The summed E-state index contributed by atoms with van der Waals surface area (Å²) >= 11 is 1.45. The molecule has 2 N–H and O–H groups in total. The minimum Gasteiger partial charge on any atom is -0.481 e. The maximum Gasteiger partial charge on any atom is 0.306 e. The van der Waals surface area contributed by atoms with E-state index in [0.29, 0.717) is 6.42 Å². The summed E-state index contributed by atoms with van der Waals surface area (Å²) in [6, 6.07) is 8.27. The van der Waals surface area contributed by atoms with E-state index >= 15 is 0 Å². The van der Waals surface area contributed by atoms with Crippen molar-refractivity contribution in [3.05, 3.63) is 24.3 Å². The molecule has 5 heteroatoms. The highest BCUT2D eigenvalue weighted by Gasteiger charge is 2.30.